The van der Waals surface area contributed by atoms with Crippen molar-refractivity contribution in [3.63, 3.8) is 0 Å². The van der Waals surface area contributed by atoms with Crippen LogP contribution in [0.4, 0.5) is 68.2 Å². The fraction of sp³-hybridized carbons (Fsp3) is 0. The Morgan fingerprint density at radius 2 is 0.650 bits per heavy atom. The van der Waals surface area contributed by atoms with Crippen molar-refractivity contribution >= 4 is 156 Å². The second-order valence-corrected chi connectivity index (χ2v) is 22.9. The second-order valence-electron chi connectivity index (χ2n) is 20.7. The number of ether oxygens (including phenoxy) is 2. The molecule has 0 fully saturated rings. The number of nitrogens with zero attached hydrogens (tertiary/aromatic N) is 4. The maximum absolute atomic E-state index is 7.55. The van der Waals surface area contributed by atoms with Gasteiger partial charge in [0.25, 0.3) is 13.4 Å². The molecule has 0 radical (unpaired) electrons. The van der Waals surface area contributed by atoms with Gasteiger partial charge in [-0.3, -0.25) is 0 Å². The molecule has 6 nitrogen and oxygen atoms in total. The molecular weight excluding hydrogens is 1010 g/mol. The molecule has 80 heavy (non-hydrogen) atoms. The molecule has 10 heteroatoms. The van der Waals surface area contributed by atoms with Crippen LogP contribution in [0.15, 0.2) is 267 Å². The highest BCUT2D eigenvalue weighted by atomic mass is 32.1. The fourth-order valence-electron chi connectivity index (χ4n) is 13.0. The topological polar surface area (TPSA) is 31.4 Å². The lowest BCUT2D eigenvalue weighted by molar-refractivity contribution is 0.466. The molecule has 4 aliphatic heterocycles. The van der Waals surface area contributed by atoms with Gasteiger partial charge in [-0.25, -0.2) is 0 Å². The summed E-state index contributed by atoms with van der Waals surface area (Å²) in [6, 6.07) is 96.1. The van der Waals surface area contributed by atoms with Gasteiger partial charge in [-0.2, -0.15) is 0 Å². The monoisotopic (exact) mass is 1060 g/mol. The van der Waals surface area contributed by atoms with Crippen molar-refractivity contribution in [2.75, 3.05) is 19.6 Å². The highest BCUT2D eigenvalue weighted by Crippen LogP contribution is 2.52. The average molecular weight is 1060 g/mol. The number of hydrogen-bond donors (Lipinski definition) is 0. The Morgan fingerprint density at radius 3 is 1.02 bits per heavy atom. The Bertz CT molecular complexity index is 4220. The Hall–Kier alpha value is -9.73. The minimum atomic E-state index is -0.155. The summed E-state index contributed by atoms with van der Waals surface area (Å²) in [7, 11) is 0. The van der Waals surface area contributed by atoms with Gasteiger partial charge in [-0.05, 0) is 119 Å². The van der Waals surface area contributed by atoms with Crippen LogP contribution in [0.25, 0.3) is 20.2 Å². The largest absolute Gasteiger partial charge is 0.458 e. The van der Waals surface area contributed by atoms with Crippen molar-refractivity contribution in [1.82, 2.24) is 0 Å². The number of rotatable bonds is 8. The van der Waals surface area contributed by atoms with Gasteiger partial charge in [0.05, 0.1) is 22.7 Å². The summed E-state index contributed by atoms with van der Waals surface area (Å²) in [5, 5.41) is 2.45. The average Bonchev–Trinajstić information content (AvgIpc) is 4.11. The van der Waals surface area contributed by atoms with E-state index in [1.807, 2.05) is 22.7 Å². The fourth-order valence-corrected chi connectivity index (χ4v) is 15.6. The van der Waals surface area contributed by atoms with Crippen LogP contribution < -0.4 is 60.5 Å². The quantitative estimate of drug-likeness (QED) is 0.141. The van der Waals surface area contributed by atoms with E-state index in [0.717, 1.165) is 102 Å². The minimum Gasteiger partial charge on any atom is -0.458 e. The normalized spacial score (nSPS) is 13.1. The molecule has 4 aliphatic rings. The van der Waals surface area contributed by atoms with E-state index in [-0.39, 0.29) is 13.4 Å². The van der Waals surface area contributed by atoms with E-state index >= 15 is 0 Å². The summed E-state index contributed by atoms with van der Waals surface area (Å²) in [4.78, 5) is 9.67. The molecule has 0 amide bonds. The van der Waals surface area contributed by atoms with Crippen LogP contribution in [0.3, 0.4) is 0 Å². The number of fused-ring (bicyclic) bond motifs is 12. The lowest BCUT2D eigenvalue weighted by Gasteiger charge is -2.42. The number of anilines is 12. The summed E-state index contributed by atoms with van der Waals surface area (Å²) >= 11 is 3.79. The van der Waals surface area contributed by atoms with E-state index in [0.29, 0.717) is 0 Å². The number of thiophene rings is 2. The maximum atomic E-state index is 7.55. The molecule has 0 unspecified atom stereocenters. The number of benzene rings is 11. The van der Waals surface area contributed by atoms with Crippen LogP contribution in [0.2, 0.25) is 0 Å². The van der Waals surface area contributed by atoms with Crippen molar-refractivity contribution in [3.05, 3.63) is 267 Å². The first-order valence-electron chi connectivity index (χ1n) is 27.1. The van der Waals surface area contributed by atoms with Gasteiger partial charge < -0.3 is 29.1 Å². The van der Waals surface area contributed by atoms with Gasteiger partial charge in [0.15, 0.2) is 0 Å². The lowest BCUT2D eigenvalue weighted by atomic mass is 9.33. The van der Waals surface area contributed by atoms with Crippen molar-refractivity contribution < 1.29 is 9.47 Å². The van der Waals surface area contributed by atoms with E-state index < -0.39 is 0 Å². The van der Waals surface area contributed by atoms with Crippen LogP contribution in [0, 0.1) is 0 Å². The van der Waals surface area contributed by atoms with Gasteiger partial charge in [0.2, 0.25) is 0 Å². The molecule has 0 aliphatic carbocycles. The SMILES string of the molecule is c1ccc(N(c2ccccc2)c2cc3c4c(c2)N(c2ccccc2)c2c(sc5ccccc25)B4c2cc4c(cc2O3)Oc2cc(N(c3ccccc3)c3ccccc3)cc3c2B4c2sc4ccccc4c2N3c2ccccc2)cc1. The molecule has 374 valence electrons. The van der Waals surface area contributed by atoms with Crippen LogP contribution in [0.1, 0.15) is 0 Å². The minimum absolute atomic E-state index is 0.155. The van der Waals surface area contributed by atoms with E-state index in [2.05, 4.69) is 287 Å². The van der Waals surface area contributed by atoms with Crippen molar-refractivity contribution in [3.8, 4) is 23.0 Å². The summed E-state index contributed by atoms with van der Waals surface area (Å²) in [6.45, 7) is -0.311. The molecular formula is C70H44B2N4O2S2. The first kappa shape index (κ1) is 45.3. The molecule has 2 aromatic heterocycles. The van der Waals surface area contributed by atoms with Crippen LogP contribution in [-0.2, 0) is 0 Å². The van der Waals surface area contributed by atoms with E-state index in [4.69, 9.17) is 9.47 Å². The molecule has 0 saturated heterocycles. The summed E-state index contributed by atoms with van der Waals surface area (Å²) in [5.74, 6) is 3.22. The Kier molecular flexibility index (Phi) is 10.1. The highest BCUT2D eigenvalue weighted by Gasteiger charge is 2.49. The van der Waals surface area contributed by atoms with E-state index in [9.17, 15) is 0 Å². The predicted molar refractivity (Wildman–Crippen MR) is 338 cm³/mol. The van der Waals surface area contributed by atoms with Gasteiger partial charge in [0, 0.05) is 93.4 Å². The first-order valence-corrected chi connectivity index (χ1v) is 28.8. The summed E-state index contributed by atoms with van der Waals surface area (Å²) < 4.78 is 20.2. The number of para-hydroxylation sites is 6. The van der Waals surface area contributed by atoms with Crippen molar-refractivity contribution in [2.45, 2.75) is 0 Å². The zero-order valence-electron chi connectivity index (χ0n) is 43.0. The van der Waals surface area contributed by atoms with Gasteiger partial charge in [-0.1, -0.05) is 152 Å². The Balaban J connectivity index is 0.935. The van der Waals surface area contributed by atoms with Crippen LogP contribution in [0.5, 0.6) is 23.0 Å². The summed E-state index contributed by atoms with van der Waals surface area (Å²) in [5.41, 5.74) is 17.5. The Labute approximate surface area is 472 Å². The predicted octanol–water partition coefficient (Wildman–Crippen LogP) is 15.9. The smallest absolute Gasteiger partial charge is 0.268 e. The third-order valence-corrected chi connectivity index (χ3v) is 18.7. The van der Waals surface area contributed by atoms with Crippen molar-refractivity contribution in [1.29, 1.82) is 0 Å². The highest BCUT2D eigenvalue weighted by molar-refractivity contribution is 7.34. The zero-order valence-corrected chi connectivity index (χ0v) is 44.6. The number of hydrogen-bond acceptors (Lipinski definition) is 8. The van der Waals surface area contributed by atoms with Crippen LogP contribution >= 0.6 is 22.7 Å². The standard InChI is InChI=1S/C70H44B2N4O2S2/c1-7-23-45(24-8-1)73(46-25-9-2-10-26-46)51-39-57-65-61(41-51)77-59-44-60-56(43-55(59)71(65)69-67(53-35-19-21-37-63(53)79-69)75(57)49-31-15-5-16-32-49)72-66-58(76(50-33-17-6-18-34-50)68-54-36-20-22-38-64(54)80-70(68)72)40-52(42-62(66)78-60)74(47-27-11-3-12-28-47)48-29-13-4-14-30-48/h1-44H. The maximum Gasteiger partial charge on any atom is 0.268 e. The molecule has 13 aromatic rings. The molecule has 0 spiro atoms. The Morgan fingerprint density at radius 1 is 0.312 bits per heavy atom. The molecule has 0 N–H and O–H groups in total. The molecule has 6 heterocycles. The zero-order chi connectivity index (χ0) is 52.4. The third kappa shape index (κ3) is 6.86. The second kappa shape index (κ2) is 17.9. The lowest BCUT2D eigenvalue weighted by Crippen LogP contribution is -2.62. The molecule has 0 atom stereocenters. The van der Waals surface area contributed by atoms with Gasteiger partial charge in [0.1, 0.15) is 23.0 Å². The molecule has 0 saturated carbocycles. The molecule has 17 rings (SSSR count). The van der Waals surface area contributed by atoms with Gasteiger partial charge in [-0.15, -0.1) is 22.7 Å². The van der Waals surface area contributed by atoms with Crippen LogP contribution in [-0.4, -0.2) is 13.4 Å². The van der Waals surface area contributed by atoms with Crippen molar-refractivity contribution in [2.24, 2.45) is 0 Å². The molecule has 0 bridgehead atoms. The molecule has 11 aromatic carbocycles. The summed E-state index contributed by atoms with van der Waals surface area (Å²) in [6.07, 6.45) is 0. The first-order chi connectivity index (χ1) is 39.7. The third-order valence-electron chi connectivity index (χ3n) is 16.2. The van der Waals surface area contributed by atoms with Gasteiger partial charge >= 0.3 is 0 Å². The van der Waals surface area contributed by atoms with E-state index in [1.54, 1.807) is 0 Å². The van der Waals surface area contributed by atoms with E-state index in [1.165, 1.54) is 41.1 Å².